The van der Waals surface area contributed by atoms with Gasteiger partial charge in [-0.3, -0.25) is 0 Å². The van der Waals surface area contributed by atoms with Crippen molar-refractivity contribution < 1.29 is 4.74 Å². The molecule has 1 rings (SSSR count). The third-order valence-electron chi connectivity index (χ3n) is 1.83. The maximum absolute atomic E-state index is 5.66. The number of thiazole rings is 1. The normalized spacial score (nSPS) is 11.3. The quantitative estimate of drug-likeness (QED) is 0.837. The predicted octanol–water partition coefficient (Wildman–Crippen LogP) is 2.39. The van der Waals surface area contributed by atoms with Gasteiger partial charge in [0.25, 0.3) is 0 Å². The maximum atomic E-state index is 5.66. The minimum atomic E-state index is 0.558. The Morgan fingerprint density at radius 1 is 1.53 bits per heavy atom. The number of hydrogen-bond acceptors (Lipinski definition) is 5. The molecule has 2 N–H and O–H groups in total. The molecular formula is C10H18N2OS2. The topological polar surface area (TPSA) is 48.1 Å². The summed E-state index contributed by atoms with van der Waals surface area (Å²) in [6.45, 7) is 5.51. The van der Waals surface area contributed by atoms with Crippen molar-refractivity contribution in [2.75, 3.05) is 7.11 Å². The third-order valence-corrected chi connectivity index (χ3v) is 4.24. The molecule has 5 heteroatoms. The first-order chi connectivity index (χ1) is 7.17. The van der Waals surface area contributed by atoms with Crippen molar-refractivity contribution >= 4 is 23.1 Å². The Bertz CT molecular complexity index is 300. The van der Waals surface area contributed by atoms with Gasteiger partial charge in [0.2, 0.25) is 0 Å². The molecule has 0 aliphatic rings. The van der Waals surface area contributed by atoms with Gasteiger partial charge in [0.15, 0.2) is 0 Å². The van der Waals surface area contributed by atoms with Gasteiger partial charge in [0, 0.05) is 24.3 Å². The monoisotopic (exact) mass is 246 g/mol. The van der Waals surface area contributed by atoms with Crippen molar-refractivity contribution in [1.29, 1.82) is 0 Å². The van der Waals surface area contributed by atoms with Crippen LogP contribution in [0.1, 0.15) is 29.4 Å². The zero-order valence-electron chi connectivity index (χ0n) is 9.45. The molecule has 0 spiro atoms. The van der Waals surface area contributed by atoms with Gasteiger partial charge >= 0.3 is 0 Å². The van der Waals surface area contributed by atoms with Crippen molar-refractivity contribution in [2.24, 2.45) is 5.73 Å². The van der Waals surface area contributed by atoms with Crippen LogP contribution in [0, 0.1) is 0 Å². The SMILES string of the molecule is COCc1nc(CSC(C)C)sc1CN. The fourth-order valence-electron chi connectivity index (χ4n) is 1.15. The number of nitrogens with zero attached hydrogens (tertiary/aromatic N) is 1. The Morgan fingerprint density at radius 3 is 2.80 bits per heavy atom. The molecule has 0 atom stereocenters. The van der Waals surface area contributed by atoms with Crippen LogP contribution in [0.2, 0.25) is 0 Å². The van der Waals surface area contributed by atoms with E-state index in [0.717, 1.165) is 21.3 Å². The highest BCUT2D eigenvalue weighted by atomic mass is 32.2. The number of thioether (sulfide) groups is 1. The van der Waals surface area contributed by atoms with Crippen LogP contribution >= 0.6 is 23.1 Å². The number of methoxy groups -OCH3 is 1. The van der Waals surface area contributed by atoms with E-state index < -0.39 is 0 Å². The van der Waals surface area contributed by atoms with Gasteiger partial charge in [-0.15, -0.1) is 11.3 Å². The van der Waals surface area contributed by atoms with Crippen molar-refractivity contribution in [3.63, 3.8) is 0 Å². The maximum Gasteiger partial charge on any atom is 0.103 e. The van der Waals surface area contributed by atoms with E-state index in [9.17, 15) is 0 Å². The molecule has 0 amide bonds. The van der Waals surface area contributed by atoms with E-state index in [1.54, 1.807) is 18.4 Å². The highest BCUT2D eigenvalue weighted by Gasteiger charge is 2.10. The van der Waals surface area contributed by atoms with E-state index in [-0.39, 0.29) is 0 Å². The standard InChI is InChI=1S/C10H18N2OS2/c1-7(2)14-6-10-12-8(5-13-3)9(4-11)15-10/h7H,4-6,11H2,1-3H3. The van der Waals surface area contributed by atoms with E-state index in [2.05, 4.69) is 18.8 Å². The van der Waals surface area contributed by atoms with Crippen LogP contribution in [-0.4, -0.2) is 17.3 Å². The predicted molar refractivity (Wildman–Crippen MR) is 67.1 cm³/mol. The molecule has 0 aliphatic carbocycles. The Labute approximate surface area is 99.4 Å². The van der Waals surface area contributed by atoms with E-state index in [1.165, 1.54) is 0 Å². The van der Waals surface area contributed by atoms with Gasteiger partial charge in [-0.2, -0.15) is 11.8 Å². The summed E-state index contributed by atoms with van der Waals surface area (Å²) in [4.78, 5) is 5.68. The molecule has 15 heavy (non-hydrogen) atoms. The molecule has 0 saturated heterocycles. The molecule has 0 bridgehead atoms. The summed E-state index contributed by atoms with van der Waals surface area (Å²) < 4.78 is 5.09. The fraction of sp³-hybridized carbons (Fsp3) is 0.700. The molecule has 86 valence electrons. The Kier molecular flexibility index (Phi) is 5.60. The lowest BCUT2D eigenvalue weighted by molar-refractivity contribution is 0.181. The van der Waals surface area contributed by atoms with Crippen molar-refractivity contribution in [3.05, 3.63) is 15.6 Å². The highest BCUT2D eigenvalue weighted by Crippen LogP contribution is 2.24. The molecule has 0 aromatic carbocycles. The minimum absolute atomic E-state index is 0.558. The zero-order valence-corrected chi connectivity index (χ0v) is 11.1. The summed E-state index contributed by atoms with van der Waals surface area (Å²) in [5.74, 6) is 0.971. The summed E-state index contributed by atoms with van der Waals surface area (Å²) in [6.07, 6.45) is 0. The fourth-order valence-corrected chi connectivity index (χ4v) is 2.87. The second-order valence-electron chi connectivity index (χ2n) is 3.47. The zero-order chi connectivity index (χ0) is 11.3. The van der Waals surface area contributed by atoms with Crippen LogP contribution in [0.3, 0.4) is 0 Å². The first kappa shape index (κ1) is 13.0. The number of aromatic nitrogens is 1. The Morgan fingerprint density at radius 2 is 2.27 bits per heavy atom. The lowest BCUT2D eigenvalue weighted by Crippen LogP contribution is -1.99. The van der Waals surface area contributed by atoms with Gasteiger partial charge in [-0.05, 0) is 5.25 Å². The van der Waals surface area contributed by atoms with Crippen LogP contribution in [-0.2, 0) is 23.6 Å². The number of ether oxygens (including phenoxy) is 1. The van der Waals surface area contributed by atoms with Crippen LogP contribution in [0.4, 0.5) is 0 Å². The van der Waals surface area contributed by atoms with Crippen molar-refractivity contribution in [1.82, 2.24) is 4.98 Å². The molecule has 1 aromatic heterocycles. The lowest BCUT2D eigenvalue weighted by atomic mass is 10.4. The van der Waals surface area contributed by atoms with Gasteiger partial charge < -0.3 is 10.5 Å². The average Bonchev–Trinajstić information content (AvgIpc) is 2.58. The number of nitrogens with two attached hydrogens (primary N) is 1. The van der Waals surface area contributed by atoms with Crippen LogP contribution < -0.4 is 5.73 Å². The summed E-state index contributed by atoms with van der Waals surface area (Å²) in [5, 5.41) is 1.79. The lowest BCUT2D eigenvalue weighted by Gasteiger charge is -2.00. The van der Waals surface area contributed by atoms with Crippen LogP contribution in [0.5, 0.6) is 0 Å². The van der Waals surface area contributed by atoms with Gasteiger partial charge in [0.05, 0.1) is 12.3 Å². The molecule has 3 nitrogen and oxygen atoms in total. The molecule has 0 fully saturated rings. The van der Waals surface area contributed by atoms with E-state index in [1.807, 2.05) is 11.8 Å². The van der Waals surface area contributed by atoms with Gasteiger partial charge in [-0.1, -0.05) is 13.8 Å². The first-order valence-corrected chi connectivity index (χ1v) is 6.82. The highest BCUT2D eigenvalue weighted by molar-refractivity contribution is 7.99. The second kappa shape index (κ2) is 6.48. The molecule has 1 aromatic rings. The van der Waals surface area contributed by atoms with E-state index >= 15 is 0 Å². The average molecular weight is 246 g/mol. The summed E-state index contributed by atoms with van der Waals surface area (Å²) in [6, 6.07) is 0. The largest absolute Gasteiger partial charge is 0.378 e. The van der Waals surface area contributed by atoms with Crippen LogP contribution in [0.25, 0.3) is 0 Å². The molecule has 0 unspecified atom stereocenters. The molecule has 0 radical (unpaired) electrons. The third kappa shape index (κ3) is 4.10. The van der Waals surface area contributed by atoms with Crippen molar-refractivity contribution in [3.8, 4) is 0 Å². The van der Waals surface area contributed by atoms with Crippen molar-refractivity contribution in [2.45, 2.75) is 38.0 Å². The Balaban J connectivity index is 2.65. The summed E-state index contributed by atoms with van der Waals surface area (Å²) in [7, 11) is 1.68. The molecule has 0 saturated carbocycles. The van der Waals surface area contributed by atoms with Gasteiger partial charge in [-0.25, -0.2) is 4.98 Å². The molecule has 0 aliphatic heterocycles. The van der Waals surface area contributed by atoms with E-state index in [0.29, 0.717) is 18.4 Å². The second-order valence-corrected chi connectivity index (χ2v) is 6.21. The molecular weight excluding hydrogens is 228 g/mol. The van der Waals surface area contributed by atoms with Crippen LogP contribution in [0.15, 0.2) is 0 Å². The first-order valence-electron chi connectivity index (χ1n) is 4.95. The minimum Gasteiger partial charge on any atom is -0.378 e. The summed E-state index contributed by atoms with van der Waals surface area (Å²) >= 11 is 3.61. The summed E-state index contributed by atoms with van der Waals surface area (Å²) in [5.41, 5.74) is 6.66. The number of hydrogen-bond donors (Lipinski definition) is 1. The molecule has 1 heterocycles. The Hall–Kier alpha value is -0.100. The number of rotatable bonds is 6. The smallest absolute Gasteiger partial charge is 0.103 e. The van der Waals surface area contributed by atoms with E-state index in [4.69, 9.17) is 10.5 Å². The van der Waals surface area contributed by atoms with Gasteiger partial charge in [0.1, 0.15) is 5.01 Å².